The molecule has 1 aliphatic carbocycles. The maximum Gasteiger partial charge on any atom is 0.228 e. The van der Waals surface area contributed by atoms with Crippen molar-refractivity contribution in [1.29, 1.82) is 0 Å². The molecule has 154 valence electrons. The number of carbonyl (C=O) groups excluding carboxylic acids is 1. The fraction of sp³-hybridized carbons (Fsp3) is 0.522. The van der Waals surface area contributed by atoms with Crippen molar-refractivity contribution in [3.05, 3.63) is 52.9 Å². The topological polar surface area (TPSA) is 58.1 Å². The van der Waals surface area contributed by atoms with Gasteiger partial charge in [0.15, 0.2) is 0 Å². The molecule has 4 rings (SSSR count). The molecule has 1 N–H and O–H groups in total. The summed E-state index contributed by atoms with van der Waals surface area (Å²) in [5.41, 5.74) is 3.21. The van der Waals surface area contributed by atoms with Gasteiger partial charge in [0.1, 0.15) is 11.6 Å². The van der Waals surface area contributed by atoms with Crippen LogP contribution < -0.4 is 5.32 Å². The van der Waals surface area contributed by atoms with Gasteiger partial charge in [-0.3, -0.25) is 4.79 Å². The lowest BCUT2D eigenvalue weighted by Gasteiger charge is -2.32. The zero-order valence-electron chi connectivity index (χ0n) is 17.2. The van der Waals surface area contributed by atoms with Gasteiger partial charge in [0.25, 0.3) is 0 Å². The number of anilines is 1. The third-order valence-electron chi connectivity index (χ3n) is 5.99. The van der Waals surface area contributed by atoms with Crippen LogP contribution in [-0.2, 0) is 11.2 Å². The molecule has 1 aliphatic heterocycles. The number of likely N-dealkylation sites (tertiary alicyclic amines) is 1. The van der Waals surface area contributed by atoms with Gasteiger partial charge in [-0.15, -0.1) is 0 Å². The lowest BCUT2D eigenvalue weighted by atomic mass is 9.96. The standard InChI is InChI=1S/C23H29FN4O/c1-15-21(12-22(29)27-20-9-7-19(24)8-10-20)16(2)26-23(25-15)18-4-3-11-28(14-18)13-17-5-6-17/h7-10,17-18H,3-6,11-14H2,1-2H3,(H,27,29). The van der Waals surface area contributed by atoms with Crippen molar-refractivity contribution in [2.75, 3.05) is 25.0 Å². The van der Waals surface area contributed by atoms with E-state index in [1.807, 2.05) is 13.8 Å². The van der Waals surface area contributed by atoms with Gasteiger partial charge in [-0.1, -0.05) is 0 Å². The summed E-state index contributed by atoms with van der Waals surface area (Å²) in [6, 6.07) is 5.79. The van der Waals surface area contributed by atoms with Gasteiger partial charge in [-0.25, -0.2) is 14.4 Å². The summed E-state index contributed by atoms with van der Waals surface area (Å²) in [5, 5.41) is 2.81. The van der Waals surface area contributed by atoms with Gasteiger partial charge in [0.05, 0.1) is 6.42 Å². The van der Waals surface area contributed by atoms with Crippen LogP contribution in [0.4, 0.5) is 10.1 Å². The maximum absolute atomic E-state index is 13.0. The van der Waals surface area contributed by atoms with E-state index in [9.17, 15) is 9.18 Å². The van der Waals surface area contributed by atoms with Crippen LogP contribution in [-0.4, -0.2) is 40.4 Å². The fourth-order valence-corrected chi connectivity index (χ4v) is 4.20. The summed E-state index contributed by atoms with van der Waals surface area (Å²) in [4.78, 5) is 24.6. The van der Waals surface area contributed by atoms with Gasteiger partial charge in [-0.05, 0) is 76.3 Å². The Balaban J connectivity index is 1.42. The summed E-state index contributed by atoms with van der Waals surface area (Å²) >= 11 is 0. The van der Waals surface area contributed by atoms with Crippen molar-refractivity contribution < 1.29 is 9.18 Å². The van der Waals surface area contributed by atoms with Gasteiger partial charge >= 0.3 is 0 Å². The van der Waals surface area contributed by atoms with Crippen LogP contribution in [0.1, 0.15) is 54.4 Å². The molecular formula is C23H29FN4O. The molecule has 29 heavy (non-hydrogen) atoms. The SMILES string of the molecule is Cc1nc(C2CCCN(CC3CC3)C2)nc(C)c1CC(=O)Nc1ccc(F)cc1. The molecule has 2 aromatic rings. The minimum Gasteiger partial charge on any atom is -0.326 e. The van der Waals surface area contributed by atoms with E-state index in [0.29, 0.717) is 11.6 Å². The molecule has 2 aliphatic rings. The van der Waals surface area contributed by atoms with Crippen LogP contribution in [0.2, 0.25) is 0 Å². The van der Waals surface area contributed by atoms with Gasteiger partial charge in [-0.2, -0.15) is 0 Å². The molecule has 1 aromatic heterocycles. The lowest BCUT2D eigenvalue weighted by molar-refractivity contribution is -0.115. The Hall–Kier alpha value is -2.34. The molecular weight excluding hydrogens is 367 g/mol. The minimum absolute atomic E-state index is 0.146. The van der Waals surface area contributed by atoms with Crippen molar-refractivity contribution in [2.45, 2.75) is 51.9 Å². The van der Waals surface area contributed by atoms with Gasteiger partial charge in [0, 0.05) is 41.6 Å². The zero-order chi connectivity index (χ0) is 20.4. The predicted octanol–water partition coefficient (Wildman–Crippen LogP) is 4.00. The number of amides is 1. The quantitative estimate of drug-likeness (QED) is 0.802. The summed E-state index contributed by atoms with van der Waals surface area (Å²) in [5.74, 6) is 1.73. The lowest BCUT2D eigenvalue weighted by Crippen LogP contribution is -2.36. The second-order valence-corrected chi connectivity index (χ2v) is 8.51. The maximum atomic E-state index is 13.0. The highest BCUT2D eigenvalue weighted by molar-refractivity contribution is 5.92. The molecule has 1 atom stereocenters. The Kier molecular flexibility index (Phi) is 5.90. The number of hydrogen-bond acceptors (Lipinski definition) is 4. The van der Waals surface area contributed by atoms with Crippen molar-refractivity contribution in [2.24, 2.45) is 5.92 Å². The second-order valence-electron chi connectivity index (χ2n) is 8.51. The molecule has 5 nitrogen and oxygen atoms in total. The molecule has 1 saturated heterocycles. The van der Waals surface area contributed by atoms with Crippen LogP contribution in [0.15, 0.2) is 24.3 Å². The van der Waals surface area contributed by atoms with E-state index in [1.54, 1.807) is 12.1 Å². The zero-order valence-corrected chi connectivity index (χ0v) is 17.2. The molecule has 2 heterocycles. The largest absolute Gasteiger partial charge is 0.326 e. The van der Waals surface area contributed by atoms with Crippen LogP contribution >= 0.6 is 0 Å². The summed E-state index contributed by atoms with van der Waals surface area (Å²) in [6.45, 7) is 7.37. The number of aromatic nitrogens is 2. The molecule has 1 unspecified atom stereocenters. The molecule has 0 radical (unpaired) electrons. The number of benzene rings is 1. The fourth-order valence-electron chi connectivity index (χ4n) is 4.20. The number of nitrogens with one attached hydrogen (secondary N) is 1. The molecule has 0 bridgehead atoms. The number of halogens is 1. The van der Waals surface area contributed by atoms with Crippen LogP contribution in [0.25, 0.3) is 0 Å². The van der Waals surface area contributed by atoms with E-state index in [1.165, 1.54) is 44.5 Å². The van der Waals surface area contributed by atoms with Crippen LogP contribution in [0, 0.1) is 25.6 Å². The first-order valence-corrected chi connectivity index (χ1v) is 10.6. The highest BCUT2D eigenvalue weighted by Crippen LogP contribution is 2.33. The molecule has 0 spiro atoms. The monoisotopic (exact) mass is 396 g/mol. The van der Waals surface area contributed by atoms with Gasteiger partial charge < -0.3 is 10.2 Å². The van der Waals surface area contributed by atoms with Gasteiger partial charge in [0.2, 0.25) is 5.91 Å². The Morgan fingerprint density at radius 3 is 2.48 bits per heavy atom. The van der Waals surface area contributed by atoms with Crippen LogP contribution in [0.3, 0.4) is 0 Å². The first-order chi connectivity index (χ1) is 14.0. The summed E-state index contributed by atoms with van der Waals surface area (Å²) in [7, 11) is 0. The Morgan fingerprint density at radius 2 is 1.83 bits per heavy atom. The highest BCUT2D eigenvalue weighted by Gasteiger charge is 2.29. The number of nitrogens with zero attached hydrogens (tertiary/aromatic N) is 3. The first-order valence-electron chi connectivity index (χ1n) is 10.6. The van der Waals surface area contributed by atoms with E-state index in [4.69, 9.17) is 9.97 Å². The third-order valence-corrected chi connectivity index (χ3v) is 5.99. The molecule has 6 heteroatoms. The van der Waals surface area contributed by atoms with E-state index < -0.39 is 0 Å². The molecule has 2 fully saturated rings. The minimum atomic E-state index is -0.322. The van der Waals surface area contributed by atoms with E-state index in [-0.39, 0.29) is 18.1 Å². The number of rotatable bonds is 6. The average molecular weight is 397 g/mol. The van der Waals surface area contributed by atoms with Crippen molar-refractivity contribution in [1.82, 2.24) is 14.9 Å². The molecule has 1 aromatic carbocycles. The Labute approximate surface area is 171 Å². The van der Waals surface area contributed by atoms with Crippen LogP contribution in [0.5, 0.6) is 0 Å². The van der Waals surface area contributed by atoms with E-state index in [0.717, 1.165) is 41.7 Å². The van der Waals surface area contributed by atoms with E-state index >= 15 is 0 Å². The third kappa shape index (κ3) is 5.18. The second kappa shape index (κ2) is 8.57. The molecule has 1 amide bonds. The Morgan fingerprint density at radius 1 is 1.14 bits per heavy atom. The van der Waals surface area contributed by atoms with Crippen molar-refractivity contribution in [3.63, 3.8) is 0 Å². The number of carbonyl (C=O) groups is 1. The molecule has 1 saturated carbocycles. The average Bonchev–Trinajstić information content (AvgIpc) is 3.50. The predicted molar refractivity (Wildman–Crippen MR) is 111 cm³/mol. The number of hydrogen-bond donors (Lipinski definition) is 1. The van der Waals surface area contributed by atoms with Crippen molar-refractivity contribution >= 4 is 11.6 Å². The first kappa shape index (κ1) is 20.0. The summed E-state index contributed by atoms with van der Waals surface area (Å²) < 4.78 is 13.0. The normalized spacial score (nSPS) is 19.9. The smallest absolute Gasteiger partial charge is 0.228 e. The highest BCUT2D eigenvalue weighted by atomic mass is 19.1. The van der Waals surface area contributed by atoms with Crippen molar-refractivity contribution in [3.8, 4) is 0 Å². The summed E-state index contributed by atoms with van der Waals surface area (Å²) in [6.07, 6.45) is 5.30. The number of aryl methyl sites for hydroxylation is 2. The Bertz CT molecular complexity index is 856. The number of piperidine rings is 1. The van der Waals surface area contributed by atoms with E-state index in [2.05, 4.69) is 10.2 Å².